The van der Waals surface area contributed by atoms with Gasteiger partial charge in [0.2, 0.25) is 0 Å². The number of rotatable bonds is 6. The zero-order valence-corrected chi connectivity index (χ0v) is 11.5. The monoisotopic (exact) mass is 244 g/mol. The number of nitrogens with zero attached hydrogens (tertiary/aromatic N) is 2. The molecular weight excluding hydrogens is 220 g/mol. The maximum absolute atomic E-state index is 2.47. The first kappa shape index (κ1) is 13.0. The van der Waals surface area contributed by atoms with E-state index in [0.717, 1.165) is 13.1 Å². The van der Waals surface area contributed by atoms with Crippen molar-refractivity contribution >= 4 is 0 Å². The van der Waals surface area contributed by atoms with Gasteiger partial charge in [0.1, 0.15) is 6.17 Å². The van der Waals surface area contributed by atoms with Crippen molar-refractivity contribution < 1.29 is 0 Å². The Morgan fingerprint density at radius 1 is 0.944 bits per heavy atom. The molecule has 1 heterocycles. The standard InChI is InChI=1S/C16H24N2/c1-3-5-9-12-18-14-13-17(4-2)16(18)15-10-7-6-8-11-15/h6-8,10-11,13-14,16H,3-5,9,12H2,1-2H3. The van der Waals surface area contributed by atoms with Crippen molar-refractivity contribution in [3.05, 3.63) is 48.3 Å². The summed E-state index contributed by atoms with van der Waals surface area (Å²) >= 11 is 0. The first-order valence-corrected chi connectivity index (χ1v) is 7.11. The van der Waals surface area contributed by atoms with Crippen LogP contribution in [0.1, 0.15) is 44.8 Å². The largest absolute Gasteiger partial charge is 0.353 e. The SMILES string of the molecule is CCCCCN1C=CN(CC)C1c1ccccc1. The number of unbranched alkanes of at least 4 members (excludes halogenated alkanes) is 2. The van der Waals surface area contributed by atoms with Crippen molar-refractivity contribution in [3.8, 4) is 0 Å². The van der Waals surface area contributed by atoms with Gasteiger partial charge in [-0.3, -0.25) is 0 Å². The first-order chi connectivity index (χ1) is 8.86. The Morgan fingerprint density at radius 3 is 2.33 bits per heavy atom. The number of benzene rings is 1. The summed E-state index contributed by atoms with van der Waals surface area (Å²) in [5, 5.41) is 0. The lowest BCUT2D eigenvalue weighted by Crippen LogP contribution is -2.31. The maximum atomic E-state index is 2.47. The molecule has 2 nitrogen and oxygen atoms in total. The van der Waals surface area contributed by atoms with Crippen LogP contribution in [0.15, 0.2) is 42.7 Å². The third kappa shape index (κ3) is 2.87. The molecule has 98 valence electrons. The van der Waals surface area contributed by atoms with E-state index in [1.54, 1.807) is 0 Å². The van der Waals surface area contributed by atoms with Crippen LogP contribution < -0.4 is 0 Å². The molecule has 0 bridgehead atoms. The molecule has 0 aromatic heterocycles. The van der Waals surface area contributed by atoms with Gasteiger partial charge in [0, 0.05) is 25.5 Å². The summed E-state index contributed by atoms with van der Waals surface area (Å²) in [5.41, 5.74) is 1.39. The summed E-state index contributed by atoms with van der Waals surface area (Å²) in [6.45, 7) is 6.68. The number of hydrogen-bond donors (Lipinski definition) is 0. The normalized spacial score (nSPS) is 18.7. The van der Waals surface area contributed by atoms with Gasteiger partial charge in [-0.25, -0.2) is 0 Å². The van der Waals surface area contributed by atoms with Crippen LogP contribution in [-0.2, 0) is 0 Å². The molecule has 1 unspecified atom stereocenters. The van der Waals surface area contributed by atoms with Crippen LogP contribution in [0.5, 0.6) is 0 Å². The van der Waals surface area contributed by atoms with Crippen LogP contribution in [0.3, 0.4) is 0 Å². The lowest BCUT2D eigenvalue weighted by Gasteiger charge is -2.32. The van der Waals surface area contributed by atoms with Crippen molar-refractivity contribution in [2.24, 2.45) is 0 Å². The molecule has 1 aromatic carbocycles. The highest BCUT2D eigenvalue weighted by atomic mass is 15.4. The van der Waals surface area contributed by atoms with Gasteiger partial charge in [-0.05, 0) is 18.9 Å². The Bertz CT molecular complexity index is 372. The molecule has 0 N–H and O–H groups in total. The highest BCUT2D eigenvalue weighted by Gasteiger charge is 2.25. The Kier molecular flexibility index (Phi) is 4.68. The highest BCUT2D eigenvalue weighted by molar-refractivity contribution is 5.21. The Labute approximate surface area is 111 Å². The predicted octanol–water partition coefficient (Wildman–Crippen LogP) is 3.98. The molecular formula is C16H24N2. The second kappa shape index (κ2) is 6.48. The molecule has 1 atom stereocenters. The molecule has 0 amide bonds. The summed E-state index contributed by atoms with van der Waals surface area (Å²) in [5.74, 6) is 0. The Hall–Kier alpha value is -1.44. The van der Waals surface area contributed by atoms with Gasteiger partial charge in [0.05, 0.1) is 0 Å². The minimum Gasteiger partial charge on any atom is -0.353 e. The van der Waals surface area contributed by atoms with E-state index in [9.17, 15) is 0 Å². The number of hydrogen-bond acceptors (Lipinski definition) is 2. The van der Waals surface area contributed by atoms with Crippen LogP contribution >= 0.6 is 0 Å². The maximum Gasteiger partial charge on any atom is 0.127 e. The van der Waals surface area contributed by atoms with Gasteiger partial charge < -0.3 is 9.80 Å². The molecule has 1 aliphatic heterocycles. The van der Waals surface area contributed by atoms with Crippen LogP contribution in [0.25, 0.3) is 0 Å². The zero-order chi connectivity index (χ0) is 12.8. The highest BCUT2D eigenvalue weighted by Crippen LogP contribution is 2.30. The van der Waals surface area contributed by atoms with Crippen molar-refractivity contribution in [1.29, 1.82) is 0 Å². The van der Waals surface area contributed by atoms with Gasteiger partial charge in [-0.1, -0.05) is 50.1 Å². The molecule has 1 aromatic rings. The molecule has 0 fully saturated rings. The van der Waals surface area contributed by atoms with E-state index in [4.69, 9.17) is 0 Å². The van der Waals surface area contributed by atoms with E-state index < -0.39 is 0 Å². The smallest absolute Gasteiger partial charge is 0.127 e. The van der Waals surface area contributed by atoms with E-state index in [1.165, 1.54) is 24.8 Å². The van der Waals surface area contributed by atoms with E-state index >= 15 is 0 Å². The van der Waals surface area contributed by atoms with E-state index in [-0.39, 0.29) is 0 Å². The van der Waals surface area contributed by atoms with Gasteiger partial charge in [0.25, 0.3) is 0 Å². The van der Waals surface area contributed by atoms with Crippen molar-refractivity contribution in [1.82, 2.24) is 9.80 Å². The van der Waals surface area contributed by atoms with E-state index in [0.29, 0.717) is 6.17 Å². The van der Waals surface area contributed by atoms with Crippen molar-refractivity contribution in [2.75, 3.05) is 13.1 Å². The molecule has 0 saturated carbocycles. The zero-order valence-electron chi connectivity index (χ0n) is 11.5. The quantitative estimate of drug-likeness (QED) is 0.698. The molecule has 0 saturated heterocycles. The molecule has 0 aliphatic carbocycles. The average Bonchev–Trinajstić information content (AvgIpc) is 2.83. The van der Waals surface area contributed by atoms with Gasteiger partial charge in [-0.2, -0.15) is 0 Å². The lowest BCUT2D eigenvalue weighted by atomic mass is 10.1. The Balaban J connectivity index is 2.07. The molecule has 1 aliphatic rings. The first-order valence-electron chi connectivity index (χ1n) is 7.11. The molecule has 0 radical (unpaired) electrons. The summed E-state index contributed by atoms with van der Waals surface area (Å²) < 4.78 is 0. The molecule has 2 heteroatoms. The second-order valence-electron chi connectivity index (χ2n) is 4.86. The van der Waals surface area contributed by atoms with Crippen molar-refractivity contribution in [3.63, 3.8) is 0 Å². The van der Waals surface area contributed by atoms with Crippen LogP contribution in [-0.4, -0.2) is 22.9 Å². The summed E-state index contributed by atoms with van der Waals surface area (Å²) in [6, 6.07) is 10.8. The predicted molar refractivity (Wildman–Crippen MR) is 76.9 cm³/mol. The fraction of sp³-hybridized carbons (Fsp3) is 0.500. The molecule has 18 heavy (non-hydrogen) atoms. The average molecular weight is 244 g/mol. The minimum atomic E-state index is 0.396. The van der Waals surface area contributed by atoms with Gasteiger partial charge in [-0.15, -0.1) is 0 Å². The minimum absolute atomic E-state index is 0.396. The topological polar surface area (TPSA) is 6.48 Å². The van der Waals surface area contributed by atoms with Gasteiger partial charge >= 0.3 is 0 Å². The fourth-order valence-electron chi connectivity index (χ4n) is 2.55. The molecule has 2 rings (SSSR count). The Morgan fingerprint density at radius 2 is 1.67 bits per heavy atom. The van der Waals surface area contributed by atoms with Crippen LogP contribution in [0.2, 0.25) is 0 Å². The fourth-order valence-corrected chi connectivity index (χ4v) is 2.55. The van der Waals surface area contributed by atoms with Crippen LogP contribution in [0, 0.1) is 0 Å². The van der Waals surface area contributed by atoms with Gasteiger partial charge in [0.15, 0.2) is 0 Å². The summed E-state index contributed by atoms with van der Waals surface area (Å²) in [4.78, 5) is 4.87. The third-order valence-electron chi connectivity index (χ3n) is 3.56. The van der Waals surface area contributed by atoms with E-state index in [1.807, 2.05) is 0 Å². The third-order valence-corrected chi connectivity index (χ3v) is 3.56. The second-order valence-corrected chi connectivity index (χ2v) is 4.86. The molecule has 0 spiro atoms. The van der Waals surface area contributed by atoms with E-state index in [2.05, 4.69) is 66.4 Å². The summed E-state index contributed by atoms with van der Waals surface area (Å²) in [7, 11) is 0. The van der Waals surface area contributed by atoms with Crippen LogP contribution in [0.4, 0.5) is 0 Å². The van der Waals surface area contributed by atoms with Crippen molar-refractivity contribution in [2.45, 2.75) is 39.3 Å². The summed E-state index contributed by atoms with van der Waals surface area (Å²) in [6.07, 6.45) is 8.75. The lowest BCUT2D eigenvalue weighted by molar-refractivity contribution is 0.157.